The van der Waals surface area contributed by atoms with Gasteiger partial charge in [-0.1, -0.05) is 6.07 Å². The van der Waals surface area contributed by atoms with E-state index in [1.807, 2.05) is 13.0 Å². The number of rotatable bonds is 4. The Morgan fingerprint density at radius 2 is 2.10 bits per heavy atom. The molecule has 0 radical (unpaired) electrons. The number of ether oxygens (including phenoxy) is 1. The Labute approximate surface area is 120 Å². The SMILES string of the molecule is COc1ccc(C)cc1S(=O)(=O)NC1CCCNCC1. The van der Waals surface area contributed by atoms with Gasteiger partial charge in [-0.2, -0.15) is 0 Å². The largest absolute Gasteiger partial charge is 0.495 e. The standard InChI is InChI=1S/C14H22N2O3S/c1-11-5-6-13(19-2)14(10-11)20(17,18)16-12-4-3-8-15-9-7-12/h5-6,10,12,15-16H,3-4,7-9H2,1-2H3. The van der Waals surface area contributed by atoms with Gasteiger partial charge in [0.25, 0.3) is 0 Å². The van der Waals surface area contributed by atoms with E-state index in [2.05, 4.69) is 10.0 Å². The zero-order valence-electron chi connectivity index (χ0n) is 12.0. The third-order valence-electron chi connectivity index (χ3n) is 3.51. The average Bonchev–Trinajstić information content (AvgIpc) is 2.67. The molecule has 1 atom stereocenters. The molecular formula is C14H22N2O3S. The highest BCUT2D eigenvalue weighted by molar-refractivity contribution is 7.89. The van der Waals surface area contributed by atoms with E-state index in [1.165, 1.54) is 7.11 Å². The predicted molar refractivity (Wildman–Crippen MR) is 78.6 cm³/mol. The topological polar surface area (TPSA) is 67.4 Å². The molecule has 1 heterocycles. The number of sulfonamides is 1. The normalized spacial score (nSPS) is 20.4. The van der Waals surface area contributed by atoms with Crippen molar-refractivity contribution >= 4 is 10.0 Å². The van der Waals surface area contributed by atoms with Gasteiger partial charge in [-0.15, -0.1) is 0 Å². The maximum Gasteiger partial charge on any atom is 0.244 e. The van der Waals surface area contributed by atoms with Crippen molar-refractivity contribution in [1.82, 2.24) is 10.0 Å². The van der Waals surface area contributed by atoms with E-state index in [-0.39, 0.29) is 10.9 Å². The fourth-order valence-electron chi connectivity index (χ4n) is 2.41. The molecule has 0 bridgehead atoms. The molecule has 112 valence electrons. The van der Waals surface area contributed by atoms with Crippen LogP contribution in [0.4, 0.5) is 0 Å². The van der Waals surface area contributed by atoms with Crippen LogP contribution >= 0.6 is 0 Å². The van der Waals surface area contributed by atoms with Gasteiger partial charge in [-0.05, 0) is 57.0 Å². The molecule has 1 aromatic rings. The summed E-state index contributed by atoms with van der Waals surface area (Å²) in [6.45, 7) is 3.66. The summed E-state index contributed by atoms with van der Waals surface area (Å²) in [5.41, 5.74) is 0.897. The molecule has 1 aliphatic heterocycles. The summed E-state index contributed by atoms with van der Waals surface area (Å²) in [5, 5.41) is 3.27. The molecule has 0 spiro atoms. The van der Waals surface area contributed by atoms with E-state index in [1.54, 1.807) is 12.1 Å². The van der Waals surface area contributed by atoms with Crippen LogP contribution in [0.2, 0.25) is 0 Å². The van der Waals surface area contributed by atoms with Crippen LogP contribution < -0.4 is 14.8 Å². The van der Waals surface area contributed by atoms with E-state index >= 15 is 0 Å². The minimum Gasteiger partial charge on any atom is -0.495 e. The number of benzene rings is 1. The molecular weight excluding hydrogens is 276 g/mol. The fraction of sp³-hybridized carbons (Fsp3) is 0.571. The van der Waals surface area contributed by atoms with Crippen LogP contribution in [0.5, 0.6) is 5.75 Å². The summed E-state index contributed by atoms with van der Waals surface area (Å²) in [7, 11) is -2.06. The molecule has 1 saturated heterocycles. The number of hydrogen-bond donors (Lipinski definition) is 2. The molecule has 0 aliphatic carbocycles. The van der Waals surface area contributed by atoms with Gasteiger partial charge in [-0.3, -0.25) is 0 Å². The number of hydrogen-bond acceptors (Lipinski definition) is 4. The zero-order chi connectivity index (χ0) is 14.6. The fourth-order valence-corrected chi connectivity index (χ4v) is 3.97. The Bertz CT molecular complexity index is 550. The first-order valence-corrected chi connectivity index (χ1v) is 8.39. The monoisotopic (exact) mass is 298 g/mol. The average molecular weight is 298 g/mol. The third kappa shape index (κ3) is 3.71. The van der Waals surface area contributed by atoms with Crippen molar-refractivity contribution in [3.05, 3.63) is 23.8 Å². The molecule has 20 heavy (non-hydrogen) atoms. The van der Waals surface area contributed by atoms with Gasteiger partial charge in [0.2, 0.25) is 10.0 Å². The lowest BCUT2D eigenvalue weighted by Gasteiger charge is -2.17. The van der Waals surface area contributed by atoms with Gasteiger partial charge in [0.05, 0.1) is 7.11 Å². The second-order valence-corrected chi connectivity index (χ2v) is 6.84. The molecule has 0 aromatic heterocycles. The Morgan fingerprint density at radius 3 is 2.85 bits per heavy atom. The maximum atomic E-state index is 12.5. The van der Waals surface area contributed by atoms with Crippen molar-refractivity contribution in [3.63, 3.8) is 0 Å². The second kappa shape index (κ2) is 6.56. The van der Waals surface area contributed by atoms with Crippen molar-refractivity contribution in [2.45, 2.75) is 37.1 Å². The van der Waals surface area contributed by atoms with Crippen molar-refractivity contribution in [2.75, 3.05) is 20.2 Å². The summed E-state index contributed by atoms with van der Waals surface area (Å²) in [4.78, 5) is 0.220. The molecule has 1 aromatic carbocycles. The summed E-state index contributed by atoms with van der Waals surface area (Å²) < 4.78 is 33.0. The summed E-state index contributed by atoms with van der Waals surface area (Å²) in [6, 6.07) is 5.17. The third-order valence-corrected chi connectivity index (χ3v) is 5.05. The highest BCUT2D eigenvalue weighted by atomic mass is 32.2. The van der Waals surface area contributed by atoms with Crippen LogP contribution in [0.15, 0.2) is 23.1 Å². The van der Waals surface area contributed by atoms with Gasteiger partial charge in [0.1, 0.15) is 10.6 Å². The molecule has 2 rings (SSSR count). The smallest absolute Gasteiger partial charge is 0.244 e. The molecule has 2 N–H and O–H groups in total. The lowest BCUT2D eigenvalue weighted by atomic mass is 10.1. The molecule has 6 heteroatoms. The van der Waals surface area contributed by atoms with Gasteiger partial charge < -0.3 is 10.1 Å². The number of nitrogens with one attached hydrogen (secondary N) is 2. The van der Waals surface area contributed by atoms with E-state index in [0.29, 0.717) is 5.75 Å². The minimum atomic E-state index is -3.54. The maximum absolute atomic E-state index is 12.5. The molecule has 0 amide bonds. The van der Waals surface area contributed by atoms with Gasteiger partial charge >= 0.3 is 0 Å². The van der Waals surface area contributed by atoms with Gasteiger partial charge in [0, 0.05) is 6.04 Å². The second-order valence-electron chi connectivity index (χ2n) is 5.15. The Balaban J connectivity index is 2.23. The van der Waals surface area contributed by atoms with Crippen LogP contribution in [0.1, 0.15) is 24.8 Å². The van der Waals surface area contributed by atoms with E-state index in [0.717, 1.165) is 37.9 Å². The van der Waals surface area contributed by atoms with Crippen molar-refractivity contribution < 1.29 is 13.2 Å². The van der Waals surface area contributed by atoms with E-state index < -0.39 is 10.0 Å². The summed E-state index contributed by atoms with van der Waals surface area (Å²) >= 11 is 0. The van der Waals surface area contributed by atoms with Gasteiger partial charge in [0.15, 0.2) is 0 Å². The first-order chi connectivity index (χ1) is 9.53. The molecule has 1 aliphatic rings. The van der Waals surface area contributed by atoms with Crippen molar-refractivity contribution in [1.29, 1.82) is 0 Å². The zero-order valence-corrected chi connectivity index (χ0v) is 12.8. The lowest BCUT2D eigenvalue weighted by molar-refractivity contribution is 0.401. The molecule has 5 nitrogen and oxygen atoms in total. The highest BCUT2D eigenvalue weighted by Gasteiger charge is 2.24. The lowest BCUT2D eigenvalue weighted by Crippen LogP contribution is -2.35. The number of aryl methyl sites for hydroxylation is 1. The summed E-state index contributed by atoms with van der Waals surface area (Å²) in [5.74, 6) is 0.384. The molecule has 1 fully saturated rings. The van der Waals surface area contributed by atoms with E-state index in [4.69, 9.17) is 4.74 Å². The highest BCUT2D eigenvalue weighted by Crippen LogP contribution is 2.25. The predicted octanol–water partition coefficient (Wildman–Crippen LogP) is 1.42. The first-order valence-electron chi connectivity index (χ1n) is 6.90. The first kappa shape index (κ1) is 15.3. The molecule has 1 unspecified atom stereocenters. The van der Waals surface area contributed by atoms with Crippen molar-refractivity contribution in [2.24, 2.45) is 0 Å². The quantitative estimate of drug-likeness (QED) is 0.882. The molecule has 0 saturated carbocycles. The Hall–Kier alpha value is -1.11. The number of methoxy groups -OCH3 is 1. The van der Waals surface area contributed by atoms with Crippen LogP contribution in [0, 0.1) is 6.92 Å². The van der Waals surface area contributed by atoms with Crippen LogP contribution in [-0.2, 0) is 10.0 Å². The van der Waals surface area contributed by atoms with Gasteiger partial charge in [-0.25, -0.2) is 13.1 Å². The van der Waals surface area contributed by atoms with E-state index in [9.17, 15) is 8.42 Å². The summed E-state index contributed by atoms with van der Waals surface area (Å²) in [6.07, 6.45) is 2.66. The van der Waals surface area contributed by atoms with Crippen LogP contribution in [0.3, 0.4) is 0 Å². The minimum absolute atomic E-state index is 0.0137. The Morgan fingerprint density at radius 1 is 1.30 bits per heavy atom. The van der Waals surface area contributed by atoms with Crippen molar-refractivity contribution in [3.8, 4) is 5.75 Å². The van der Waals surface area contributed by atoms with Crippen LogP contribution in [0.25, 0.3) is 0 Å². The Kier molecular flexibility index (Phi) is 5.01. The van der Waals surface area contributed by atoms with Crippen LogP contribution in [-0.4, -0.2) is 34.7 Å².